The van der Waals surface area contributed by atoms with E-state index in [0.717, 1.165) is 27.7 Å². The molecule has 0 aromatic heterocycles. The molecule has 0 saturated carbocycles. The Morgan fingerprint density at radius 3 is 1.83 bits per heavy atom. The van der Waals surface area contributed by atoms with E-state index in [1.807, 2.05) is 0 Å². The van der Waals surface area contributed by atoms with Crippen molar-refractivity contribution in [3.8, 4) is 5.75 Å². The normalized spacial score (nSPS) is 34.7. The molecule has 3 N–H and O–H groups in total. The van der Waals surface area contributed by atoms with Crippen LogP contribution in [-0.2, 0) is 23.9 Å². The van der Waals surface area contributed by atoms with Crippen molar-refractivity contribution in [3.05, 3.63) is 30.3 Å². The molecule has 1 aromatic carbocycles. The van der Waals surface area contributed by atoms with Gasteiger partial charge in [0.1, 0.15) is 17.6 Å². The van der Waals surface area contributed by atoms with Crippen molar-refractivity contribution >= 4 is 35.8 Å². The van der Waals surface area contributed by atoms with Gasteiger partial charge >= 0.3 is 0 Å². The molecule has 0 amide bonds. The number of hydrogen-bond donors (Lipinski definition) is 4. The molecule has 10 heteroatoms. The Hall–Kier alpha value is -2.11. The van der Waals surface area contributed by atoms with Crippen LogP contribution >= 0.6 is 12.6 Å². The first-order valence-corrected chi connectivity index (χ1v) is 9.53. The second-order valence-electron chi connectivity index (χ2n) is 7.29. The highest BCUT2D eigenvalue weighted by atomic mass is 32.1. The van der Waals surface area contributed by atoms with Crippen LogP contribution in [0.2, 0.25) is 0 Å². The quantitative estimate of drug-likeness (QED) is 0.417. The summed E-state index contributed by atoms with van der Waals surface area (Å²) in [5.41, 5.74) is -9.79. The van der Waals surface area contributed by atoms with Crippen molar-refractivity contribution in [2.45, 2.75) is 62.1 Å². The van der Waals surface area contributed by atoms with Gasteiger partial charge in [-0.05, 0) is 39.8 Å². The van der Waals surface area contributed by atoms with E-state index < -0.39 is 57.6 Å². The molecule has 0 spiro atoms. The van der Waals surface area contributed by atoms with E-state index in [-0.39, 0.29) is 5.75 Å². The van der Waals surface area contributed by atoms with Gasteiger partial charge in [0.25, 0.3) is 0 Å². The third-order valence-electron chi connectivity index (χ3n) is 5.40. The van der Waals surface area contributed by atoms with Crippen LogP contribution < -0.4 is 4.74 Å². The van der Waals surface area contributed by atoms with Crippen molar-refractivity contribution in [2.75, 3.05) is 0 Å². The molecular formula is C20H24O9S. The summed E-state index contributed by atoms with van der Waals surface area (Å²) in [4.78, 5) is 49.6. The predicted molar refractivity (Wildman–Crippen MR) is 106 cm³/mol. The van der Waals surface area contributed by atoms with Gasteiger partial charge in [-0.1, -0.05) is 18.2 Å². The Balaban J connectivity index is 2.82. The number of ketones is 4. The van der Waals surface area contributed by atoms with Crippen molar-refractivity contribution in [1.29, 1.82) is 0 Å². The van der Waals surface area contributed by atoms with E-state index in [1.54, 1.807) is 18.2 Å². The summed E-state index contributed by atoms with van der Waals surface area (Å²) in [5.74, 6) is -4.32. The number of thiol groups is 1. The fourth-order valence-corrected chi connectivity index (χ4v) is 3.95. The number of rotatable bonds is 7. The molecule has 0 radical (unpaired) electrons. The fourth-order valence-electron chi connectivity index (χ4n) is 3.66. The third-order valence-corrected chi connectivity index (χ3v) is 6.03. The number of hydrogen-bond acceptors (Lipinski definition) is 10. The second-order valence-corrected chi connectivity index (χ2v) is 7.84. The Bertz CT molecular complexity index is 872. The molecule has 1 fully saturated rings. The van der Waals surface area contributed by atoms with Gasteiger partial charge in [0.15, 0.2) is 23.0 Å². The van der Waals surface area contributed by atoms with Crippen molar-refractivity contribution < 1.29 is 44.0 Å². The fraction of sp³-hybridized carbons (Fsp3) is 0.500. The van der Waals surface area contributed by atoms with Crippen molar-refractivity contribution in [1.82, 2.24) is 0 Å². The minimum atomic E-state index is -3.41. The van der Waals surface area contributed by atoms with Crippen LogP contribution in [0.1, 0.15) is 27.7 Å². The molecule has 0 bridgehead atoms. The van der Waals surface area contributed by atoms with Crippen LogP contribution in [0.25, 0.3) is 0 Å². The number of benzene rings is 1. The smallest absolute Gasteiger partial charge is 0.240 e. The van der Waals surface area contributed by atoms with E-state index in [2.05, 4.69) is 12.6 Å². The number of para-hydroxylation sites is 1. The van der Waals surface area contributed by atoms with Crippen LogP contribution in [0.3, 0.4) is 0 Å². The number of carbonyl (C=O) groups excluding carboxylic acids is 4. The van der Waals surface area contributed by atoms with Crippen LogP contribution in [0.15, 0.2) is 30.3 Å². The Morgan fingerprint density at radius 1 is 0.933 bits per heavy atom. The molecule has 30 heavy (non-hydrogen) atoms. The van der Waals surface area contributed by atoms with Crippen molar-refractivity contribution in [3.63, 3.8) is 0 Å². The van der Waals surface area contributed by atoms with Gasteiger partial charge in [-0.3, -0.25) is 19.2 Å². The predicted octanol–water partition coefficient (Wildman–Crippen LogP) is -0.362. The van der Waals surface area contributed by atoms with E-state index in [9.17, 15) is 34.5 Å². The lowest BCUT2D eigenvalue weighted by Gasteiger charge is -2.57. The highest BCUT2D eigenvalue weighted by molar-refractivity contribution is 7.81. The first-order valence-electron chi connectivity index (χ1n) is 9.02. The van der Waals surface area contributed by atoms with Gasteiger partial charge in [0.05, 0.1) is 5.25 Å². The standard InChI is InChI=1S/C20H24O9S/c1-10(21)15(30)16-18(25,11(2)22)20(27,13(4)24)19(26,12(3)23)17(29-16)28-14-8-6-5-7-9-14/h5-9,15-17,25-27,30H,1-4H3/t15?,16-,17+,18+,19+,20+/m1/s1. The maximum Gasteiger partial charge on any atom is 0.240 e. The zero-order valence-corrected chi connectivity index (χ0v) is 17.8. The van der Waals surface area contributed by atoms with Gasteiger partial charge in [-0.2, -0.15) is 12.6 Å². The summed E-state index contributed by atoms with van der Waals surface area (Å²) in [6.45, 7) is 3.53. The number of ether oxygens (including phenoxy) is 2. The largest absolute Gasteiger partial charge is 0.461 e. The van der Waals surface area contributed by atoms with Gasteiger partial charge in [0.2, 0.25) is 17.5 Å². The number of aliphatic hydroxyl groups is 3. The molecule has 6 atom stereocenters. The van der Waals surface area contributed by atoms with Crippen LogP contribution in [0.5, 0.6) is 5.75 Å². The topological polar surface area (TPSA) is 147 Å². The van der Waals surface area contributed by atoms with Crippen LogP contribution in [0.4, 0.5) is 0 Å². The Kier molecular flexibility index (Phi) is 6.60. The monoisotopic (exact) mass is 440 g/mol. The lowest BCUT2D eigenvalue weighted by molar-refractivity contribution is -0.348. The Labute approximate surface area is 178 Å². The van der Waals surface area contributed by atoms with Gasteiger partial charge in [-0.25, -0.2) is 0 Å². The molecular weight excluding hydrogens is 416 g/mol. The summed E-state index contributed by atoms with van der Waals surface area (Å²) in [6, 6.07) is 7.70. The van der Waals surface area contributed by atoms with E-state index in [4.69, 9.17) is 9.47 Å². The number of carbonyl (C=O) groups is 4. The summed E-state index contributed by atoms with van der Waals surface area (Å²) in [6.07, 6.45) is -4.00. The third kappa shape index (κ3) is 3.28. The minimum absolute atomic E-state index is 0.0821. The number of Topliss-reactive ketones (excluding diaryl/α,β-unsaturated/α-hetero) is 4. The highest BCUT2D eigenvalue weighted by Gasteiger charge is 2.79. The average Bonchev–Trinajstić information content (AvgIpc) is 2.67. The first-order chi connectivity index (χ1) is 13.8. The molecule has 164 valence electrons. The van der Waals surface area contributed by atoms with E-state index in [1.165, 1.54) is 12.1 Å². The summed E-state index contributed by atoms with van der Waals surface area (Å²) >= 11 is 4.07. The van der Waals surface area contributed by atoms with Crippen LogP contribution in [-0.4, -0.2) is 72.9 Å². The SMILES string of the molecule is CC(=O)C(S)[C@H]1O[C@H](Oc2ccccc2)[C@@](O)(C(C)=O)[C@](O)(C(C)=O)[C@]1(O)C(C)=O. The zero-order valence-electron chi connectivity index (χ0n) is 16.9. The molecule has 1 aliphatic rings. The maximum absolute atomic E-state index is 12.6. The molecule has 9 nitrogen and oxygen atoms in total. The zero-order chi connectivity index (χ0) is 23.1. The molecule has 0 aliphatic carbocycles. The molecule has 1 heterocycles. The first kappa shape index (κ1) is 24.2. The molecule has 2 rings (SSSR count). The van der Waals surface area contributed by atoms with Crippen LogP contribution in [0, 0.1) is 0 Å². The molecule has 1 saturated heterocycles. The van der Waals surface area contributed by atoms with Gasteiger partial charge < -0.3 is 24.8 Å². The molecule has 1 aliphatic heterocycles. The summed E-state index contributed by atoms with van der Waals surface area (Å²) < 4.78 is 11.1. The second kappa shape index (κ2) is 8.20. The van der Waals surface area contributed by atoms with Gasteiger partial charge in [-0.15, -0.1) is 0 Å². The molecule has 1 unspecified atom stereocenters. The maximum atomic E-state index is 12.6. The van der Waals surface area contributed by atoms with Gasteiger partial charge in [0, 0.05) is 0 Å². The van der Waals surface area contributed by atoms with Crippen molar-refractivity contribution in [2.24, 2.45) is 0 Å². The average molecular weight is 440 g/mol. The highest BCUT2D eigenvalue weighted by Crippen LogP contribution is 2.48. The van der Waals surface area contributed by atoms with E-state index in [0.29, 0.717) is 0 Å². The lowest BCUT2D eigenvalue weighted by atomic mass is 9.60. The molecule has 1 aromatic rings. The summed E-state index contributed by atoms with van der Waals surface area (Å²) in [7, 11) is 0. The minimum Gasteiger partial charge on any atom is -0.461 e. The summed E-state index contributed by atoms with van der Waals surface area (Å²) in [5, 5.41) is 32.4. The lowest BCUT2D eigenvalue weighted by Crippen LogP contribution is -2.87. The Morgan fingerprint density at radius 2 is 1.43 bits per heavy atom. The van der Waals surface area contributed by atoms with E-state index >= 15 is 0 Å².